The Hall–Kier alpha value is -1.69. The van der Waals surface area contributed by atoms with Crippen LogP contribution in [0.4, 0.5) is 0 Å². The number of halogens is 1. The van der Waals surface area contributed by atoms with E-state index in [1.807, 2.05) is 6.92 Å². The highest BCUT2D eigenvalue weighted by Crippen LogP contribution is 2.16. The van der Waals surface area contributed by atoms with Gasteiger partial charge in [0.15, 0.2) is 4.60 Å². The zero-order chi connectivity index (χ0) is 11.7. The molecule has 2 aromatic rings. The Kier molecular flexibility index (Phi) is 2.74. The number of nitrogens with zero attached hydrogens (tertiary/aromatic N) is 3. The van der Waals surface area contributed by atoms with Crippen LogP contribution in [0.15, 0.2) is 28.9 Å². The van der Waals surface area contributed by atoms with Crippen LogP contribution < -0.4 is 0 Å². The van der Waals surface area contributed by atoms with Gasteiger partial charge in [-0.2, -0.15) is 0 Å². The van der Waals surface area contributed by atoms with E-state index in [1.54, 1.807) is 16.8 Å². The van der Waals surface area contributed by atoms with Gasteiger partial charge in [-0.3, -0.25) is 0 Å². The van der Waals surface area contributed by atoms with Gasteiger partial charge >= 0.3 is 5.97 Å². The lowest BCUT2D eigenvalue weighted by Gasteiger charge is -2.02. The Balaban J connectivity index is 2.42. The minimum absolute atomic E-state index is 0.251. The summed E-state index contributed by atoms with van der Waals surface area (Å²) in [6.45, 7) is 1.87. The van der Waals surface area contributed by atoms with Gasteiger partial charge in [0.05, 0.1) is 16.9 Å². The third-order valence-corrected chi connectivity index (χ3v) is 2.93. The van der Waals surface area contributed by atoms with Gasteiger partial charge in [-0.25, -0.2) is 9.48 Å². The molecule has 16 heavy (non-hydrogen) atoms. The molecule has 0 amide bonds. The monoisotopic (exact) mass is 281 g/mol. The van der Waals surface area contributed by atoms with Crippen LogP contribution in [0.3, 0.4) is 0 Å². The smallest absolute Gasteiger partial charge is 0.335 e. The molecule has 6 heteroatoms. The lowest BCUT2D eigenvalue weighted by atomic mass is 10.2. The molecule has 2 rings (SSSR count). The molecule has 0 radical (unpaired) electrons. The van der Waals surface area contributed by atoms with Crippen molar-refractivity contribution in [3.63, 3.8) is 0 Å². The molecule has 0 atom stereocenters. The van der Waals surface area contributed by atoms with Gasteiger partial charge in [0.1, 0.15) is 0 Å². The topological polar surface area (TPSA) is 68.0 Å². The van der Waals surface area contributed by atoms with Crippen molar-refractivity contribution in [2.24, 2.45) is 0 Å². The molecule has 0 aliphatic rings. The zero-order valence-electron chi connectivity index (χ0n) is 8.38. The number of rotatable bonds is 2. The van der Waals surface area contributed by atoms with Gasteiger partial charge in [-0.15, -0.1) is 5.10 Å². The summed E-state index contributed by atoms with van der Waals surface area (Å²) in [5.41, 5.74) is 1.89. The molecule has 0 saturated heterocycles. The molecule has 82 valence electrons. The van der Waals surface area contributed by atoms with Gasteiger partial charge in [0.25, 0.3) is 0 Å². The summed E-state index contributed by atoms with van der Waals surface area (Å²) in [7, 11) is 0. The minimum Gasteiger partial charge on any atom is -0.478 e. The number of carbonyl (C=O) groups is 1. The van der Waals surface area contributed by atoms with E-state index in [2.05, 4.69) is 26.2 Å². The van der Waals surface area contributed by atoms with Crippen molar-refractivity contribution < 1.29 is 9.90 Å². The van der Waals surface area contributed by atoms with Crippen molar-refractivity contribution in [3.05, 3.63) is 40.1 Å². The fourth-order valence-corrected chi connectivity index (χ4v) is 1.54. The average Bonchev–Trinajstić information content (AvgIpc) is 2.60. The second-order valence-electron chi connectivity index (χ2n) is 3.23. The lowest BCUT2D eigenvalue weighted by Crippen LogP contribution is -2.01. The Morgan fingerprint density at radius 3 is 2.44 bits per heavy atom. The molecule has 1 aromatic heterocycles. The molecule has 5 nitrogen and oxygen atoms in total. The fraction of sp³-hybridized carbons (Fsp3) is 0.100. The average molecular weight is 282 g/mol. The molecule has 1 aromatic carbocycles. The van der Waals surface area contributed by atoms with Gasteiger partial charge < -0.3 is 5.11 Å². The number of aromatic carboxylic acids is 1. The summed E-state index contributed by atoms with van der Waals surface area (Å²) < 4.78 is 2.31. The zero-order valence-corrected chi connectivity index (χ0v) is 9.97. The van der Waals surface area contributed by atoms with E-state index in [0.717, 1.165) is 11.4 Å². The number of carboxylic acid groups (broad SMARTS) is 1. The van der Waals surface area contributed by atoms with E-state index in [4.69, 9.17) is 5.11 Å². The maximum Gasteiger partial charge on any atom is 0.335 e. The van der Waals surface area contributed by atoms with E-state index in [-0.39, 0.29) is 5.56 Å². The predicted octanol–water partition coefficient (Wildman–Crippen LogP) is 2.04. The third kappa shape index (κ3) is 1.83. The van der Waals surface area contributed by atoms with Crippen molar-refractivity contribution >= 4 is 21.9 Å². The maximum absolute atomic E-state index is 10.7. The van der Waals surface area contributed by atoms with E-state index in [1.165, 1.54) is 12.1 Å². The van der Waals surface area contributed by atoms with Crippen molar-refractivity contribution in [1.29, 1.82) is 0 Å². The highest BCUT2D eigenvalue weighted by molar-refractivity contribution is 9.10. The highest BCUT2D eigenvalue weighted by atomic mass is 79.9. The summed E-state index contributed by atoms with van der Waals surface area (Å²) >= 11 is 3.26. The van der Waals surface area contributed by atoms with E-state index in [0.29, 0.717) is 4.60 Å². The number of hydrogen-bond acceptors (Lipinski definition) is 3. The minimum atomic E-state index is -0.942. The molecule has 0 spiro atoms. The highest BCUT2D eigenvalue weighted by Gasteiger charge is 2.08. The molecule has 0 unspecified atom stereocenters. The molecular weight excluding hydrogens is 274 g/mol. The Morgan fingerprint density at radius 2 is 2.00 bits per heavy atom. The second kappa shape index (κ2) is 4.05. The molecular formula is C10H8BrN3O2. The Labute approximate surface area is 99.8 Å². The summed E-state index contributed by atoms with van der Waals surface area (Å²) in [6.07, 6.45) is 0. The summed E-state index contributed by atoms with van der Waals surface area (Å²) in [5.74, 6) is -0.942. The van der Waals surface area contributed by atoms with Crippen LogP contribution in [0.5, 0.6) is 0 Å². The normalized spacial score (nSPS) is 10.4. The summed E-state index contributed by atoms with van der Waals surface area (Å²) in [4.78, 5) is 10.7. The first kappa shape index (κ1) is 10.8. The van der Waals surface area contributed by atoms with Gasteiger partial charge in [0.2, 0.25) is 0 Å². The van der Waals surface area contributed by atoms with E-state index < -0.39 is 5.97 Å². The van der Waals surface area contributed by atoms with Crippen LogP contribution in [-0.4, -0.2) is 26.1 Å². The molecule has 0 saturated carbocycles. The Morgan fingerprint density at radius 1 is 1.38 bits per heavy atom. The van der Waals surface area contributed by atoms with Crippen molar-refractivity contribution in [2.45, 2.75) is 6.92 Å². The van der Waals surface area contributed by atoms with Crippen LogP contribution in [0.1, 0.15) is 16.1 Å². The first-order valence-electron chi connectivity index (χ1n) is 4.51. The van der Waals surface area contributed by atoms with Crippen LogP contribution in [0, 0.1) is 6.92 Å². The molecule has 0 fully saturated rings. The Bertz CT molecular complexity index is 533. The third-order valence-electron chi connectivity index (χ3n) is 2.20. The van der Waals surface area contributed by atoms with Crippen molar-refractivity contribution in [3.8, 4) is 5.69 Å². The van der Waals surface area contributed by atoms with Crippen molar-refractivity contribution in [2.75, 3.05) is 0 Å². The number of benzene rings is 1. The van der Waals surface area contributed by atoms with E-state index >= 15 is 0 Å². The lowest BCUT2D eigenvalue weighted by molar-refractivity contribution is 0.0697. The summed E-state index contributed by atoms with van der Waals surface area (Å²) in [5, 5.41) is 16.6. The quantitative estimate of drug-likeness (QED) is 0.915. The maximum atomic E-state index is 10.7. The predicted molar refractivity (Wildman–Crippen MR) is 60.8 cm³/mol. The SMILES string of the molecule is Cc1c(Br)nnn1-c1ccc(C(=O)O)cc1. The number of hydrogen-bond donors (Lipinski definition) is 1. The molecule has 0 aliphatic heterocycles. The van der Waals surface area contributed by atoms with Crippen LogP contribution >= 0.6 is 15.9 Å². The standard InChI is InChI=1S/C10H8BrN3O2/c1-6-9(11)12-13-14(6)8-4-2-7(3-5-8)10(15)16/h2-5H,1H3,(H,15,16). The molecule has 0 bridgehead atoms. The van der Waals surface area contributed by atoms with Gasteiger partial charge in [0, 0.05) is 0 Å². The van der Waals surface area contributed by atoms with Crippen molar-refractivity contribution in [1.82, 2.24) is 15.0 Å². The molecule has 1 heterocycles. The fourth-order valence-electron chi connectivity index (χ4n) is 1.30. The number of aromatic nitrogens is 3. The van der Waals surface area contributed by atoms with Crippen LogP contribution in [0.25, 0.3) is 5.69 Å². The van der Waals surface area contributed by atoms with Gasteiger partial charge in [-0.1, -0.05) is 5.21 Å². The second-order valence-corrected chi connectivity index (χ2v) is 3.98. The van der Waals surface area contributed by atoms with Gasteiger partial charge in [-0.05, 0) is 47.1 Å². The largest absolute Gasteiger partial charge is 0.478 e. The number of carboxylic acids is 1. The molecule has 0 aliphatic carbocycles. The van der Waals surface area contributed by atoms with E-state index in [9.17, 15) is 4.79 Å². The summed E-state index contributed by atoms with van der Waals surface area (Å²) in [6, 6.07) is 6.45. The first-order chi connectivity index (χ1) is 7.59. The van der Waals surface area contributed by atoms with Crippen LogP contribution in [0.2, 0.25) is 0 Å². The first-order valence-corrected chi connectivity index (χ1v) is 5.30. The molecule has 1 N–H and O–H groups in total. The van der Waals surface area contributed by atoms with Crippen LogP contribution in [-0.2, 0) is 0 Å².